The third-order valence-electron chi connectivity index (χ3n) is 7.28. The fourth-order valence-corrected chi connectivity index (χ4v) is 5.33. The van der Waals surface area contributed by atoms with E-state index in [-0.39, 0.29) is 18.5 Å². The number of benzene rings is 2. The number of nitrogens with two attached hydrogens (primary N) is 1. The Morgan fingerprint density at radius 3 is 2.83 bits per heavy atom. The molecule has 36 heavy (non-hydrogen) atoms. The van der Waals surface area contributed by atoms with Crippen LogP contribution in [0.25, 0.3) is 21.9 Å². The molecule has 6 rings (SSSR count). The van der Waals surface area contributed by atoms with Gasteiger partial charge in [0.2, 0.25) is 5.91 Å². The number of carbonyl (C=O) groups is 1. The van der Waals surface area contributed by atoms with E-state index in [4.69, 9.17) is 10.5 Å². The Balaban J connectivity index is 1.19. The molecular weight excluding hydrogens is 456 g/mol. The van der Waals surface area contributed by atoms with Crippen LogP contribution in [-0.2, 0) is 4.79 Å². The molecule has 1 amide bonds. The first-order valence-corrected chi connectivity index (χ1v) is 12.5. The van der Waals surface area contributed by atoms with Crippen molar-refractivity contribution in [3.63, 3.8) is 0 Å². The molecule has 2 fully saturated rings. The lowest BCUT2D eigenvalue weighted by atomic mass is 10.1. The first-order chi connectivity index (χ1) is 17.7. The number of imidazole rings is 1. The van der Waals surface area contributed by atoms with Crippen LogP contribution in [0.2, 0.25) is 0 Å². The van der Waals surface area contributed by atoms with Crippen molar-refractivity contribution in [3.05, 3.63) is 49.1 Å². The Kier molecular flexibility index (Phi) is 6.02. The Morgan fingerprint density at radius 2 is 1.97 bits per heavy atom. The second-order valence-corrected chi connectivity index (χ2v) is 9.33. The molecule has 2 aromatic carbocycles. The molecule has 4 aromatic rings. The molecule has 10 nitrogen and oxygen atoms in total. The maximum Gasteiger partial charge on any atom is 0.236 e. The Morgan fingerprint density at radius 1 is 1.08 bits per heavy atom. The molecule has 2 aliphatic heterocycles. The van der Waals surface area contributed by atoms with Gasteiger partial charge in [0.15, 0.2) is 11.5 Å². The molecular formula is C26H30N8O2. The van der Waals surface area contributed by atoms with Gasteiger partial charge in [-0.1, -0.05) is 18.2 Å². The average Bonchev–Trinajstić information content (AvgIpc) is 3.61. The number of nitrogens with one attached hydrogen (secondary N) is 1. The van der Waals surface area contributed by atoms with Crippen LogP contribution in [0.1, 0.15) is 12.8 Å². The summed E-state index contributed by atoms with van der Waals surface area (Å²) in [4.78, 5) is 34.7. The smallest absolute Gasteiger partial charge is 0.236 e. The van der Waals surface area contributed by atoms with Gasteiger partial charge in [-0.25, -0.2) is 15.0 Å². The second-order valence-electron chi connectivity index (χ2n) is 9.33. The van der Waals surface area contributed by atoms with Crippen molar-refractivity contribution in [2.75, 3.05) is 55.7 Å². The summed E-state index contributed by atoms with van der Waals surface area (Å²) >= 11 is 0. The fourth-order valence-electron chi connectivity index (χ4n) is 5.33. The molecule has 0 unspecified atom stereocenters. The van der Waals surface area contributed by atoms with Crippen LogP contribution in [0.3, 0.4) is 0 Å². The molecule has 10 heteroatoms. The minimum Gasteiger partial charge on any atom is -0.491 e. The zero-order valence-electron chi connectivity index (χ0n) is 20.1. The van der Waals surface area contributed by atoms with E-state index in [0.29, 0.717) is 19.7 Å². The summed E-state index contributed by atoms with van der Waals surface area (Å²) in [5, 5.41) is 2.24. The number of aromatic nitrogens is 4. The first kappa shape index (κ1) is 22.5. The van der Waals surface area contributed by atoms with Gasteiger partial charge in [-0.3, -0.25) is 4.79 Å². The molecule has 2 saturated heterocycles. The highest BCUT2D eigenvalue weighted by Gasteiger charge is 2.29. The molecule has 3 N–H and O–H groups in total. The number of rotatable bonds is 6. The van der Waals surface area contributed by atoms with Gasteiger partial charge in [-0.2, -0.15) is 0 Å². The predicted molar refractivity (Wildman–Crippen MR) is 139 cm³/mol. The number of carbonyl (C=O) groups excluding carboxylic acids is 1. The molecule has 186 valence electrons. The number of hydrogen-bond donors (Lipinski definition) is 2. The standard InChI is InChI=1S/C26H30N8O2/c27-14-23(35)33-11-9-32(10-12-33)19-7-6-18-3-1-5-22(21(18)13-19)36-15-20-4-2-8-34(20)26-24-25(29-16-28-24)30-17-31-26/h1,3,5-7,13,16-17,20H,2,4,8-12,14-15,27H2,(H,28,29,30,31)/t20-/m1/s1. The van der Waals surface area contributed by atoms with E-state index >= 15 is 0 Å². The Bertz CT molecular complexity index is 1380. The molecule has 4 heterocycles. The highest BCUT2D eigenvalue weighted by molar-refractivity contribution is 5.91. The maximum absolute atomic E-state index is 11.9. The fraction of sp³-hybridized carbons (Fsp3) is 0.385. The number of amides is 1. The predicted octanol–water partition coefficient (Wildman–Crippen LogP) is 2.16. The van der Waals surface area contributed by atoms with Crippen LogP contribution in [0.4, 0.5) is 11.5 Å². The number of hydrogen-bond acceptors (Lipinski definition) is 8. The number of nitrogens with zero attached hydrogens (tertiary/aromatic N) is 6. The molecule has 2 aliphatic rings. The number of ether oxygens (including phenoxy) is 1. The van der Waals surface area contributed by atoms with E-state index in [1.54, 1.807) is 12.7 Å². The van der Waals surface area contributed by atoms with E-state index < -0.39 is 0 Å². The van der Waals surface area contributed by atoms with Crippen molar-refractivity contribution in [3.8, 4) is 5.75 Å². The molecule has 2 aromatic heterocycles. The van der Waals surface area contributed by atoms with Gasteiger partial charge in [0.05, 0.1) is 18.9 Å². The van der Waals surface area contributed by atoms with E-state index in [1.807, 2.05) is 17.0 Å². The lowest BCUT2D eigenvalue weighted by molar-refractivity contribution is -0.129. The van der Waals surface area contributed by atoms with E-state index in [1.165, 1.54) is 0 Å². The minimum absolute atomic E-state index is 0.0137. The monoisotopic (exact) mass is 486 g/mol. The molecule has 0 bridgehead atoms. The SMILES string of the molecule is NCC(=O)N1CCN(c2ccc3cccc(OC[C@H]4CCCN4c4ncnc5[nH]cnc45)c3c2)CC1. The normalized spacial score (nSPS) is 18.4. The van der Waals surface area contributed by atoms with Crippen molar-refractivity contribution in [2.24, 2.45) is 5.73 Å². The van der Waals surface area contributed by atoms with Gasteiger partial charge in [-0.05, 0) is 36.4 Å². The van der Waals surface area contributed by atoms with Crippen LogP contribution >= 0.6 is 0 Å². The number of fused-ring (bicyclic) bond motifs is 2. The van der Waals surface area contributed by atoms with Crippen molar-refractivity contribution in [1.29, 1.82) is 0 Å². The Labute approximate surface area is 209 Å². The quantitative estimate of drug-likeness (QED) is 0.426. The van der Waals surface area contributed by atoms with Crippen molar-refractivity contribution >= 4 is 39.3 Å². The van der Waals surface area contributed by atoms with Gasteiger partial charge in [0, 0.05) is 43.8 Å². The van der Waals surface area contributed by atoms with Crippen molar-refractivity contribution in [1.82, 2.24) is 24.8 Å². The summed E-state index contributed by atoms with van der Waals surface area (Å²) in [5.74, 6) is 1.75. The summed E-state index contributed by atoms with van der Waals surface area (Å²) < 4.78 is 6.46. The van der Waals surface area contributed by atoms with E-state index in [0.717, 1.165) is 71.7 Å². The zero-order chi connectivity index (χ0) is 24.5. The van der Waals surface area contributed by atoms with Gasteiger partial charge < -0.3 is 30.2 Å². The Hall–Kier alpha value is -3.92. The van der Waals surface area contributed by atoms with Crippen LogP contribution in [0, 0.1) is 0 Å². The van der Waals surface area contributed by atoms with E-state index in [2.05, 4.69) is 54.0 Å². The van der Waals surface area contributed by atoms with Crippen LogP contribution in [-0.4, -0.2) is 82.7 Å². The van der Waals surface area contributed by atoms with Gasteiger partial charge in [0.1, 0.15) is 24.2 Å². The van der Waals surface area contributed by atoms with Gasteiger partial charge >= 0.3 is 0 Å². The number of H-pyrrole nitrogens is 1. The van der Waals surface area contributed by atoms with Crippen LogP contribution < -0.4 is 20.3 Å². The summed E-state index contributed by atoms with van der Waals surface area (Å²) in [6, 6.07) is 12.9. The van der Waals surface area contributed by atoms with Crippen LogP contribution in [0.15, 0.2) is 49.1 Å². The number of piperazine rings is 1. The average molecular weight is 487 g/mol. The minimum atomic E-state index is 0.0137. The topological polar surface area (TPSA) is 117 Å². The molecule has 0 aliphatic carbocycles. The number of aromatic amines is 1. The van der Waals surface area contributed by atoms with Crippen molar-refractivity contribution in [2.45, 2.75) is 18.9 Å². The molecule has 1 atom stereocenters. The summed E-state index contributed by atoms with van der Waals surface area (Å²) in [6.07, 6.45) is 5.37. The molecule has 0 radical (unpaired) electrons. The highest BCUT2D eigenvalue weighted by Crippen LogP contribution is 2.32. The lowest BCUT2D eigenvalue weighted by Gasteiger charge is -2.36. The summed E-state index contributed by atoms with van der Waals surface area (Å²) in [6.45, 7) is 4.52. The third kappa shape index (κ3) is 4.17. The maximum atomic E-state index is 11.9. The lowest BCUT2D eigenvalue weighted by Crippen LogP contribution is -2.50. The second kappa shape index (κ2) is 9.62. The third-order valence-corrected chi connectivity index (χ3v) is 7.28. The first-order valence-electron chi connectivity index (χ1n) is 12.5. The molecule has 0 saturated carbocycles. The van der Waals surface area contributed by atoms with Crippen molar-refractivity contribution < 1.29 is 9.53 Å². The van der Waals surface area contributed by atoms with E-state index in [9.17, 15) is 4.79 Å². The molecule has 0 spiro atoms. The highest BCUT2D eigenvalue weighted by atomic mass is 16.5. The largest absolute Gasteiger partial charge is 0.491 e. The van der Waals surface area contributed by atoms with Crippen LogP contribution in [0.5, 0.6) is 5.75 Å². The number of anilines is 2. The summed E-state index contributed by atoms with van der Waals surface area (Å²) in [5.41, 5.74) is 8.22. The van der Waals surface area contributed by atoms with Gasteiger partial charge in [-0.15, -0.1) is 0 Å². The zero-order valence-corrected chi connectivity index (χ0v) is 20.1. The summed E-state index contributed by atoms with van der Waals surface area (Å²) in [7, 11) is 0. The van der Waals surface area contributed by atoms with Gasteiger partial charge in [0.25, 0.3) is 0 Å².